The Balaban J connectivity index is 1.56. The maximum absolute atomic E-state index is 12.7. The largest absolute Gasteiger partial charge is 0.494 e. The first-order valence-corrected chi connectivity index (χ1v) is 9.10. The van der Waals surface area contributed by atoms with Crippen molar-refractivity contribution >= 4 is 17.3 Å². The molecule has 1 aliphatic heterocycles. The van der Waals surface area contributed by atoms with Gasteiger partial charge in [-0.1, -0.05) is 6.92 Å². The lowest BCUT2D eigenvalue weighted by Gasteiger charge is -2.36. The summed E-state index contributed by atoms with van der Waals surface area (Å²) in [4.78, 5) is 27.0. The third kappa shape index (κ3) is 4.55. The van der Waals surface area contributed by atoms with Crippen LogP contribution in [0.2, 0.25) is 0 Å². The van der Waals surface area contributed by atoms with Crippen molar-refractivity contribution in [1.82, 2.24) is 4.90 Å². The number of nitro groups is 1. The lowest BCUT2D eigenvalue weighted by molar-refractivity contribution is -0.384. The van der Waals surface area contributed by atoms with E-state index in [-0.39, 0.29) is 11.6 Å². The highest BCUT2D eigenvalue weighted by Crippen LogP contribution is 2.21. The van der Waals surface area contributed by atoms with Gasteiger partial charge in [0.1, 0.15) is 5.75 Å². The summed E-state index contributed by atoms with van der Waals surface area (Å²) < 4.78 is 5.55. The second-order valence-electron chi connectivity index (χ2n) is 6.43. The summed E-state index contributed by atoms with van der Waals surface area (Å²) in [7, 11) is 0. The molecule has 1 saturated heterocycles. The van der Waals surface area contributed by atoms with E-state index < -0.39 is 4.92 Å². The Hall–Kier alpha value is -3.09. The zero-order chi connectivity index (χ0) is 19.2. The van der Waals surface area contributed by atoms with Gasteiger partial charge in [0.25, 0.3) is 11.6 Å². The van der Waals surface area contributed by atoms with E-state index in [1.54, 1.807) is 24.3 Å². The van der Waals surface area contributed by atoms with Crippen LogP contribution >= 0.6 is 0 Å². The minimum atomic E-state index is -0.404. The highest BCUT2D eigenvalue weighted by atomic mass is 16.6. The van der Waals surface area contributed by atoms with Gasteiger partial charge in [-0.2, -0.15) is 0 Å². The summed E-state index contributed by atoms with van der Waals surface area (Å²) in [6.45, 7) is 5.34. The number of nitrogens with zero attached hydrogens (tertiary/aromatic N) is 3. The van der Waals surface area contributed by atoms with Crippen LogP contribution in [-0.2, 0) is 0 Å². The molecule has 7 heteroatoms. The average molecular weight is 369 g/mol. The van der Waals surface area contributed by atoms with Gasteiger partial charge in [-0.05, 0) is 42.8 Å². The Bertz CT molecular complexity index is 782. The SMILES string of the molecule is CCCOc1ccc(C(=O)N2CCN(c3ccc([N+](=O)[O-])cc3)CC2)cc1. The van der Waals surface area contributed by atoms with E-state index in [0.29, 0.717) is 38.3 Å². The molecule has 0 atom stereocenters. The van der Waals surface area contributed by atoms with Crippen molar-refractivity contribution in [1.29, 1.82) is 0 Å². The number of carbonyl (C=O) groups excluding carboxylic acids is 1. The van der Waals surface area contributed by atoms with Crippen molar-refractivity contribution in [3.63, 3.8) is 0 Å². The predicted molar refractivity (Wildman–Crippen MR) is 103 cm³/mol. The van der Waals surface area contributed by atoms with E-state index in [1.165, 1.54) is 12.1 Å². The van der Waals surface area contributed by atoms with E-state index in [4.69, 9.17) is 4.74 Å². The van der Waals surface area contributed by atoms with Crippen LogP contribution < -0.4 is 9.64 Å². The van der Waals surface area contributed by atoms with Crippen LogP contribution in [0, 0.1) is 10.1 Å². The van der Waals surface area contributed by atoms with Crippen LogP contribution in [0.5, 0.6) is 5.75 Å². The van der Waals surface area contributed by atoms with Crippen molar-refractivity contribution in [3.8, 4) is 5.75 Å². The van der Waals surface area contributed by atoms with Gasteiger partial charge in [0.2, 0.25) is 0 Å². The zero-order valence-corrected chi connectivity index (χ0v) is 15.3. The number of nitro benzene ring substituents is 1. The fourth-order valence-corrected chi connectivity index (χ4v) is 3.05. The summed E-state index contributed by atoms with van der Waals surface area (Å²) >= 11 is 0. The number of hydrogen-bond donors (Lipinski definition) is 0. The number of benzene rings is 2. The van der Waals surface area contributed by atoms with Gasteiger partial charge in [0.05, 0.1) is 11.5 Å². The molecule has 2 aromatic carbocycles. The van der Waals surface area contributed by atoms with Crippen molar-refractivity contribution in [2.24, 2.45) is 0 Å². The molecule has 0 spiro atoms. The monoisotopic (exact) mass is 369 g/mol. The molecule has 0 aromatic heterocycles. The molecule has 3 rings (SSSR count). The summed E-state index contributed by atoms with van der Waals surface area (Å²) in [5.41, 5.74) is 1.67. The Kier molecular flexibility index (Phi) is 5.90. The Morgan fingerprint density at radius 2 is 1.67 bits per heavy atom. The Morgan fingerprint density at radius 1 is 1.04 bits per heavy atom. The van der Waals surface area contributed by atoms with Crippen LogP contribution in [0.25, 0.3) is 0 Å². The van der Waals surface area contributed by atoms with Crippen LogP contribution in [0.4, 0.5) is 11.4 Å². The van der Waals surface area contributed by atoms with Gasteiger partial charge < -0.3 is 14.5 Å². The normalized spacial score (nSPS) is 14.1. The fraction of sp³-hybridized carbons (Fsp3) is 0.350. The summed E-state index contributed by atoms with van der Waals surface area (Å²) in [6, 6.07) is 13.8. The average Bonchev–Trinajstić information content (AvgIpc) is 2.72. The third-order valence-corrected chi connectivity index (χ3v) is 4.57. The van der Waals surface area contributed by atoms with Crippen LogP contribution in [0.15, 0.2) is 48.5 Å². The van der Waals surface area contributed by atoms with E-state index >= 15 is 0 Å². The second-order valence-corrected chi connectivity index (χ2v) is 6.43. The summed E-state index contributed by atoms with van der Waals surface area (Å²) in [5, 5.41) is 10.8. The molecule has 2 aromatic rings. The number of hydrogen-bond acceptors (Lipinski definition) is 5. The van der Waals surface area contributed by atoms with Crippen LogP contribution in [0.1, 0.15) is 23.7 Å². The number of ether oxygens (including phenoxy) is 1. The molecule has 0 N–H and O–H groups in total. The van der Waals surface area contributed by atoms with E-state index in [9.17, 15) is 14.9 Å². The molecule has 0 bridgehead atoms. The number of carbonyl (C=O) groups is 1. The van der Waals surface area contributed by atoms with E-state index in [2.05, 4.69) is 4.90 Å². The predicted octanol–water partition coefficient (Wildman–Crippen LogP) is 3.35. The Labute approximate surface area is 158 Å². The molecule has 7 nitrogen and oxygen atoms in total. The summed E-state index contributed by atoms with van der Waals surface area (Å²) in [6.07, 6.45) is 0.944. The highest BCUT2D eigenvalue weighted by molar-refractivity contribution is 5.94. The van der Waals surface area contributed by atoms with Gasteiger partial charge in [-0.25, -0.2) is 0 Å². The molecule has 1 heterocycles. The maximum Gasteiger partial charge on any atom is 0.269 e. The van der Waals surface area contributed by atoms with Gasteiger partial charge in [0.15, 0.2) is 0 Å². The van der Waals surface area contributed by atoms with Crippen molar-refractivity contribution in [2.75, 3.05) is 37.7 Å². The molecular formula is C20H23N3O4. The van der Waals surface area contributed by atoms with Gasteiger partial charge in [-0.3, -0.25) is 14.9 Å². The quantitative estimate of drug-likeness (QED) is 0.577. The fourth-order valence-electron chi connectivity index (χ4n) is 3.05. The van der Waals surface area contributed by atoms with Crippen molar-refractivity contribution < 1.29 is 14.5 Å². The lowest BCUT2D eigenvalue weighted by atomic mass is 10.1. The first-order chi connectivity index (χ1) is 13.1. The standard InChI is InChI=1S/C20H23N3O4/c1-2-15-27-19-9-3-16(4-10-19)20(24)22-13-11-21(12-14-22)17-5-7-18(8-6-17)23(25)26/h3-10H,2,11-15H2,1H3. The number of piperazine rings is 1. The minimum absolute atomic E-state index is 0.0143. The maximum atomic E-state index is 12.7. The summed E-state index contributed by atoms with van der Waals surface area (Å²) in [5.74, 6) is 0.789. The van der Waals surface area contributed by atoms with E-state index in [1.807, 2.05) is 24.0 Å². The lowest BCUT2D eigenvalue weighted by Crippen LogP contribution is -2.48. The second kappa shape index (κ2) is 8.53. The van der Waals surface area contributed by atoms with Crippen molar-refractivity contribution in [2.45, 2.75) is 13.3 Å². The number of anilines is 1. The first kappa shape index (κ1) is 18.7. The third-order valence-electron chi connectivity index (χ3n) is 4.57. The number of amides is 1. The first-order valence-electron chi connectivity index (χ1n) is 9.10. The van der Waals surface area contributed by atoms with Crippen LogP contribution in [0.3, 0.4) is 0 Å². The number of non-ortho nitro benzene ring substituents is 1. The smallest absolute Gasteiger partial charge is 0.269 e. The molecule has 0 saturated carbocycles. The zero-order valence-electron chi connectivity index (χ0n) is 15.3. The molecule has 1 aliphatic rings. The molecule has 0 aliphatic carbocycles. The minimum Gasteiger partial charge on any atom is -0.494 e. The van der Waals surface area contributed by atoms with Gasteiger partial charge in [0, 0.05) is 49.6 Å². The van der Waals surface area contributed by atoms with Gasteiger partial charge >= 0.3 is 0 Å². The Morgan fingerprint density at radius 3 is 2.22 bits per heavy atom. The number of rotatable bonds is 6. The molecule has 0 unspecified atom stereocenters. The molecule has 142 valence electrons. The van der Waals surface area contributed by atoms with E-state index in [0.717, 1.165) is 17.9 Å². The molecular weight excluding hydrogens is 346 g/mol. The molecule has 0 radical (unpaired) electrons. The van der Waals surface area contributed by atoms with Crippen LogP contribution in [-0.4, -0.2) is 48.5 Å². The van der Waals surface area contributed by atoms with Crippen molar-refractivity contribution in [3.05, 3.63) is 64.2 Å². The molecule has 1 fully saturated rings. The van der Waals surface area contributed by atoms with Gasteiger partial charge in [-0.15, -0.1) is 0 Å². The topological polar surface area (TPSA) is 75.9 Å². The molecule has 1 amide bonds. The molecule has 27 heavy (non-hydrogen) atoms. The highest BCUT2D eigenvalue weighted by Gasteiger charge is 2.22.